The SMILES string of the molecule is CC1=CCC[C@@]2(C)C[C@@H]3OC(=O)[C@]4(C[C@@H]5C[C@@]4(C)C4=C5[C@@H](C)CC[C@H]5[C@@H](C(C)C)CC[C@]5(C)C4)[C@@H]3C[C@H]12. The van der Waals surface area contributed by atoms with E-state index < -0.39 is 0 Å². The molecule has 0 amide bonds. The molecule has 0 aromatic heterocycles. The van der Waals surface area contributed by atoms with Crippen molar-refractivity contribution < 1.29 is 9.53 Å². The van der Waals surface area contributed by atoms with Crippen LogP contribution in [0.15, 0.2) is 22.8 Å². The molecule has 1 spiro atoms. The molecule has 1 aliphatic heterocycles. The summed E-state index contributed by atoms with van der Waals surface area (Å²) in [6, 6.07) is 0. The van der Waals surface area contributed by atoms with E-state index in [1.807, 2.05) is 5.57 Å². The topological polar surface area (TPSA) is 26.3 Å². The number of hydrogen-bond donors (Lipinski definition) is 0. The molecule has 11 atom stereocenters. The van der Waals surface area contributed by atoms with Crippen LogP contribution in [-0.2, 0) is 9.53 Å². The first-order chi connectivity index (χ1) is 17.4. The number of rotatable bonds is 1. The Morgan fingerprint density at radius 3 is 2.51 bits per heavy atom. The predicted octanol–water partition coefficient (Wildman–Crippen LogP) is 8.91. The van der Waals surface area contributed by atoms with Gasteiger partial charge in [0.2, 0.25) is 0 Å². The largest absolute Gasteiger partial charge is 0.462 e. The van der Waals surface area contributed by atoms with Crippen molar-refractivity contribution in [3.8, 4) is 0 Å². The second kappa shape index (κ2) is 7.78. The van der Waals surface area contributed by atoms with Gasteiger partial charge in [-0.05, 0) is 124 Å². The molecule has 1 saturated heterocycles. The van der Waals surface area contributed by atoms with Crippen LogP contribution >= 0.6 is 0 Å². The Morgan fingerprint density at radius 1 is 0.973 bits per heavy atom. The Hall–Kier alpha value is -1.05. The predicted molar refractivity (Wildman–Crippen MR) is 150 cm³/mol. The molecule has 0 aromatic carbocycles. The third kappa shape index (κ3) is 3.03. The molecular weight excluding hydrogens is 452 g/mol. The van der Waals surface area contributed by atoms with Crippen molar-refractivity contribution in [1.29, 1.82) is 0 Å². The van der Waals surface area contributed by atoms with E-state index in [9.17, 15) is 4.79 Å². The summed E-state index contributed by atoms with van der Waals surface area (Å²) in [5, 5.41) is 0. The Morgan fingerprint density at radius 2 is 1.76 bits per heavy atom. The molecular formula is C35H52O2. The first kappa shape index (κ1) is 25.0. The van der Waals surface area contributed by atoms with E-state index in [2.05, 4.69) is 54.5 Å². The van der Waals surface area contributed by atoms with Crippen LogP contribution in [0.2, 0.25) is 0 Å². The minimum atomic E-state index is -0.277. The number of fused-ring (bicyclic) bond motifs is 9. The lowest BCUT2D eigenvalue weighted by Crippen LogP contribution is -2.52. The van der Waals surface area contributed by atoms with E-state index in [0.717, 1.165) is 30.6 Å². The Labute approximate surface area is 226 Å². The van der Waals surface area contributed by atoms with Gasteiger partial charge in [-0.1, -0.05) is 64.3 Å². The van der Waals surface area contributed by atoms with Crippen LogP contribution in [0.5, 0.6) is 0 Å². The van der Waals surface area contributed by atoms with Gasteiger partial charge in [0.15, 0.2) is 0 Å². The van der Waals surface area contributed by atoms with E-state index in [4.69, 9.17) is 4.74 Å². The molecule has 3 saturated carbocycles. The number of carbonyl (C=O) groups is 1. The normalized spacial score (nSPS) is 54.4. The summed E-state index contributed by atoms with van der Waals surface area (Å²) in [6.07, 6.45) is 16.4. The van der Waals surface area contributed by atoms with Crippen molar-refractivity contribution >= 4 is 5.97 Å². The summed E-state index contributed by atoms with van der Waals surface area (Å²) in [5.41, 5.74) is 5.59. The second-order valence-corrected chi connectivity index (χ2v) is 16.4. The smallest absolute Gasteiger partial charge is 0.313 e. The van der Waals surface area contributed by atoms with E-state index in [-0.39, 0.29) is 22.9 Å². The van der Waals surface area contributed by atoms with Crippen molar-refractivity contribution in [3.05, 3.63) is 22.8 Å². The summed E-state index contributed by atoms with van der Waals surface area (Å²) in [6.45, 7) is 17.5. The van der Waals surface area contributed by atoms with Gasteiger partial charge in [0.1, 0.15) is 6.10 Å². The Kier molecular flexibility index (Phi) is 5.25. The van der Waals surface area contributed by atoms with E-state index >= 15 is 0 Å². The number of allylic oxidation sites excluding steroid dienone is 4. The van der Waals surface area contributed by atoms with Crippen LogP contribution in [-0.4, -0.2) is 12.1 Å². The fraction of sp³-hybridized carbons (Fsp3) is 0.857. The van der Waals surface area contributed by atoms with Crippen molar-refractivity contribution in [2.24, 2.45) is 63.1 Å². The van der Waals surface area contributed by atoms with Gasteiger partial charge in [-0.2, -0.15) is 0 Å². The van der Waals surface area contributed by atoms with Crippen molar-refractivity contribution in [2.75, 3.05) is 0 Å². The number of ether oxygens (including phenoxy) is 1. The molecule has 7 aliphatic rings. The van der Waals surface area contributed by atoms with Gasteiger partial charge >= 0.3 is 5.97 Å². The Bertz CT molecular complexity index is 1080. The van der Waals surface area contributed by atoms with Crippen molar-refractivity contribution in [3.63, 3.8) is 0 Å². The zero-order chi connectivity index (χ0) is 26.1. The Balaban J connectivity index is 1.30. The fourth-order valence-electron chi connectivity index (χ4n) is 12.6. The third-order valence-electron chi connectivity index (χ3n) is 14.4. The second-order valence-electron chi connectivity index (χ2n) is 16.4. The van der Waals surface area contributed by atoms with Crippen LogP contribution in [0.4, 0.5) is 0 Å². The highest BCUT2D eigenvalue weighted by Crippen LogP contribution is 2.77. The summed E-state index contributed by atoms with van der Waals surface area (Å²) in [7, 11) is 0. The molecule has 0 N–H and O–H groups in total. The molecule has 0 aromatic rings. The standard InChI is InChI=1S/C35H52O2/c1-20(2)24-12-14-33(6)18-28-30(22(4)10-11-25(24)33)23-16-34(28,7)35(17-23)27-15-26-21(3)9-8-13-32(26,5)19-29(27)37-31(35)36/h9,20,22-27,29H,8,10-19H2,1-7H3/t22-,23-,24+,25-,26+,27+,29-,32-,33+,34-,35-/m0/s1. The van der Waals surface area contributed by atoms with Crippen LogP contribution in [0.3, 0.4) is 0 Å². The van der Waals surface area contributed by atoms with Crippen LogP contribution in [0, 0.1) is 63.1 Å². The molecule has 2 bridgehead atoms. The van der Waals surface area contributed by atoms with E-state index in [1.54, 1.807) is 11.1 Å². The zero-order valence-corrected chi connectivity index (χ0v) is 24.8. The number of carbonyl (C=O) groups excluding carboxylic acids is 1. The van der Waals surface area contributed by atoms with Crippen molar-refractivity contribution in [2.45, 2.75) is 125 Å². The highest BCUT2D eigenvalue weighted by Gasteiger charge is 2.75. The number of hydrogen-bond acceptors (Lipinski definition) is 2. The maximum Gasteiger partial charge on any atom is 0.313 e. The molecule has 204 valence electrons. The van der Waals surface area contributed by atoms with Gasteiger partial charge in [-0.25, -0.2) is 0 Å². The van der Waals surface area contributed by atoms with Crippen LogP contribution in [0.25, 0.3) is 0 Å². The van der Waals surface area contributed by atoms with Crippen molar-refractivity contribution in [1.82, 2.24) is 0 Å². The monoisotopic (exact) mass is 504 g/mol. The average Bonchev–Trinajstić information content (AvgIpc) is 3.47. The lowest BCUT2D eigenvalue weighted by molar-refractivity contribution is -0.153. The molecule has 37 heavy (non-hydrogen) atoms. The average molecular weight is 505 g/mol. The molecule has 0 radical (unpaired) electrons. The van der Waals surface area contributed by atoms with Gasteiger partial charge in [0.25, 0.3) is 0 Å². The highest BCUT2D eigenvalue weighted by atomic mass is 16.6. The fourth-order valence-corrected chi connectivity index (χ4v) is 12.6. The van der Waals surface area contributed by atoms with Gasteiger partial charge < -0.3 is 4.74 Å². The minimum Gasteiger partial charge on any atom is -0.462 e. The molecule has 6 aliphatic carbocycles. The summed E-state index contributed by atoms with van der Waals surface area (Å²) < 4.78 is 6.51. The van der Waals surface area contributed by atoms with E-state index in [0.29, 0.717) is 34.5 Å². The molecule has 2 heteroatoms. The lowest BCUT2D eigenvalue weighted by atomic mass is 9.47. The lowest BCUT2D eigenvalue weighted by Gasteiger charge is -2.54. The quantitative estimate of drug-likeness (QED) is 0.263. The first-order valence-electron chi connectivity index (χ1n) is 16.0. The third-order valence-corrected chi connectivity index (χ3v) is 14.4. The highest BCUT2D eigenvalue weighted by molar-refractivity contribution is 5.83. The molecule has 7 rings (SSSR count). The molecule has 4 fully saturated rings. The van der Waals surface area contributed by atoms with Crippen LogP contribution < -0.4 is 0 Å². The van der Waals surface area contributed by atoms with E-state index in [1.165, 1.54) is 57.8 Å². The summed E-state index contributed by atoms with van der Waals surface area (Å²) in [4.78, 5) is 14.3. The van der Waals surface area contributed by atoms with Crippen LogP contribution in [0.1, 0.15) is 119 Å². The molecule has 2 nitrogen and oxygen atoms in total. The maximum atomic E-state index is 14.3. The van der Waals surface area contributed by atoms with Gasteiger partial charge in [0.05, 0.1) is 5.41 Å². The molecule has 1 heterocycles. The maximum absolute atomic E-state index is 14.3. The summed E-state index contributed by atoms with van der Waals surface area (Å²) >= 11 is 0. The first-order valence-corrected chi connectivity index (χ1v) is 16.0. The van der Waals surface area contributed by atoms with Gasteiger partial charge in [-0.15, -0.1) is 0 Å². The molecule has 0 unspecified atom stereocenters. The zero-order valence-electron chi connectivity index (χ0n) is 24.8. The van der Waals surface area contributed by atoms with Gasteiger partial charge in [-0.3, -0.25) is 4.79 Å². The minimum absolute atomic E-state index is 0.00138. The number of esters is 1. The van der Waals surface area contributed by atoms with Gasteiger partial charge in [0, 0.05) is 11.3 Å². The summed E-state index contributed by atoms with van der Waals surface area (Å²) in [5.74, 6) is 5.03.